The van der Waals surface area contributed by atoms with Crippen LogP contribution in [0.3, 0.4) is 0 Å². The molecule has 3 fully saturated rings. The number of ether oxygens (including phenoxy) is 1. The van der Waals surface area contributed by atoms with Gasteiger partial charge in [0.15, 0.2) is 11.5 Å². The third-order valence-electron chi connectivity index (χ3n) is 12.5. The van der Waals surface area contributed by atoms with Crippen LogP contribution in [-0.4, -0.2) is 89.5 Å². The fraction of sp³-hybridized carbons (Fsp3) is 0.488. The molecule has 1 N–H and O–H groups in total. The Kier molecular flexibility index (Phi) is 9.34. The van der Waals surface area contributed by atoms with Gasteiger partial charge in [0.05, 0.1) is 29.7 Å². The van der Waals surface area contributed by atoms with Crippen LogP contribution < -0.4 is 4.90 Å². The summed E-state index contributed by atoms with van der Waals surface area (Å²) in [6, 6.07) is 12.6. The second kappa shape index (κ2) is 14.6. The van der Waals surface area contributed by atoms with Gasteiger partial charge < -0.3 is 19.6 Å². The summed E-state index contributed by atoms with van der Waals surface area (Å²) in [5.41, 5.74) is 6.32. The van der Waals surface area contributed by atoms with E-state index >= 15 is 0 Å². The Morgan fingerprint density at radius 2 is 1.67 bits per heavy atom. The number of carbonyl (C=O) groups excluding carboxylic acids is 1. The zero-order valence-corrected chi connectivity index (χ0v) is 30.8. The number of carboxylic acids is 1. The molecule has 0 spiro atoms. The minimum absolute atomic E-state index is 0.0225. The summed E-state index contributed by atoms with van der Waals surface area (Å²) in [6.45, 7) is 6.30. The highest BCUT2D eigenvalue weighted by Crippen LogP contribution is 2.41. The number of aromatic carboxylic acids is 1. The van der Waals surface area contributed by atoms with Gasteiger partial charge in [0.1, 0.15) is 0 Å². The number of anilines is 1. The first-order chi connectivity index (χ1) is 26.4. The van der Waals surface area contributed by atoms with Gasteiger partial charge in [0.25, 0.3) is 0 Å². The second-order valence-electron chi connectivity index (χ2n) is 15.5. The summed E-state index contributed by atoms with van der Waals surface area (Å²) in [5.74, 6) is 1.22. The molecule has 13 heteroatoms. The molecule has 0 unspecified atom stereocenters. The van der Waals surface area contributed by atoms with Gasteiger partial charge in [-0.25, -0.2) is 4.79 Å². The lowest BCUT2D eigenvalue weighted by Crippen LogP contribution is -2.37. The molecule has 0 bridgehead atoms. The number of benzene rings is 1. The number of aromatic nitrogens is 7. The standard InChI is InChI=1S/C41H47N9O4/c1-26(51)48-18-13-38-35(25-48)40(46-50(38)32-14-19-54-20-15-32)33-4-2-3-29-21-37(42-23-34(29)33)30-22-43-49(24-30)31-7-5-27(6-8-31)28-11-16-47(17-12-28)39-10-9-36(41(52)53)44-45-39/h2-4,9-10,21-24,27-28,31-32H,5-8,11-20,25H2,1H3,(H,52,53). The van der Waals surface area contributed by atoms with Crippen molar-refractivity contribution in [2.75, 3.05) is 37.7 Å². The van der Waals surface area contributed by atoms with E-state index in [1.165, 1.54) is 24.6 Å². The molecule has 54 heavy (non-hydrogen) atoms. The molecule has 7 heterocycles. The fourth-order valence-corrected chi connectivity index (χ4v) is 9.41. The summed E-state index contributed by atoms with van der Waals surface area (Å²) in [4.78, 5) is 32.7. The molecule has 280 valence electrons. The van der Waals surface area contributed by atoms with Crippen LogP contribution >= 0.6 is 0 Å². The number of hydrogen-bond acceptors (Lipinski definition) is 9. The zero-order valence-electron chi connectivity index (χ0n) is 30.8. The van der Waals surface area contributed by atoms with E-state index < -0.39 is 5.97 Å². The Labute approximate surface area is 314 Å². The normalized spacial score (nSPS) is 21.4. The SMILES string of the molecule is CC(=O)N1CCc2c(c(-c3cccc4cc(-c5cnn(C6CCC(C7CCN(c8ccc(C(=O)O)nn8)CC7)CC6)c5)ncc34)nn2C2CCOCC2)C1. The van der Waals surface area contributed by atoms with Crippen molar-refractivity contribution in [2.24, 2.45) is 11.8 Å². The Morgan fingerprint density at radius 1 is 0.870 bits per heavy atom. The van der Waals surface area contributed by atoms with E-state index in [9.17, 15) is 9.59 Å². The quantitative estimate of drug-likeness (QED) is 0.201. The average molecular weight is 730 g/mol. The summed E-state index contributed by atoms with van der Waals surface area (Å²) in [7, 11) is 0. The van der Waals surface area contributed by atoms with E-state index in [1.54, 1.807) is 13.0 Å². The number of piperidine rings is 1. The lowest BCUT2D eigenvalue weighted by molar-refractivity contribution is -0.129. The van der Waals surface area contributed by atoms with Crippen molar-refractivity contribution in [2.45, 2.75) is 83.3 Å². The number of pyridine rings is 1. The minimum Gasteiger partial charge on any atom is -0.476 e. The Morgan fingerprint density at radius 3 is 2.41 bits per heavy atom. The first-order valence-electron chi connectivity index (χ1n) is 19.6. The smallest absolute Gasteiger partial charge is 0.356 e. The number of carbonyl (C=O) groups is 2. The first-order valence-corrected chi connectivity index (χ1v) is 19.6. The van der Waals surface area contributed by atoms with Crippen molar-refractivity contribution >= 4 is 28.5 Å². The van der Waals surface area contributed by atoms with Gasteiger partial charge >= 0.3 is 5.97 Å². The van der Waals surface area contributed by atoms with Gasteiger partial charge in [-0.15, -0.1) is 10.2 Å². The largest absolute Gasteiger partial charge is 0.476 e. The minimum atomic E-state index is -1.05. The number of hydrogen-bond donors (Lipinski definition) is 1. The number of fused-ring (bicyclic) bond motifs is 2. The van der Waals surface area contributed by atoms with Crippen molar-refractivity contribution < 1.29 is 19.4 Å². The van der Waals surface area contributed by atoms with Crippen LogP contribution in [0.5, 0.6) is 0 Å². The molecule has 4 aliphatic rings. The molecular formula is C41H47N9O4. The van der Waals surface area contributed by atoms with Crippen LogP contribution in [0.25, 0.3) is 33.3 Å². The molecular weight excluding hydrogens is 683 g/mol. The number of nitrogens with zero attached hydrogens (tertiary/aromatic N) is 9. The fourth-order valence-electron chi connectivity index (χ4n) is 9.41. The van der Waals surface area contributed by atoms with Crippen LogP contribution in [-0.2, 0) is 22.5 Å². The molecule has 9 rings (SSSR count). The van der Waals surface area contributed by atoms with E-state index in [-0.39, 0.29) is 11.6 Å². The van der Waals surface area contributed by atoms with Crippen LogP contribution in [0.4, 0.5) is 5.82 Å². The van der Waals surface area contributed by atoms with Crippen LogP contribution in [0.1, 0.15) is 92.1 Å². The molecule has 0 radical (unpaired) electrons. The molecule has 2 saturated heterocycles. The third-order valence-corrected chi connectivity index (χ3v) is 12.5. The van der Waals surface area contributed by atoms with Gasteiger partial charge in [-0.05, 0) is 86.8 Å². The van der Waals surface area contributed by atoms with Crippen LogP contribution in [0.2, 0.25) is 0 Å². The van der Waals surface area contributed by atoms with E-state index in [4.69, 9.17) is 25.0 Å². The Balaban J connectivity index is 0.878. The average Bonchev–Trinajstić information content (AvgIpc) is 3.87. The predicted octanol–water partition coefficient (Wildman–Crippen LogP) is 6.35. The number of rotatable bonds is 7. The second-order valence-corrected chi connectivity index (χ2v) is 15.5. The van der Waals surface area contributed by atoms with E-state index in [1.807, 2.05) is 17.3 Å². The summed E-state index contributed by atoms with van der Waals surface area (Å²) < 4.78 is 10.1. The molecule has 1 amide bonds. The van der Waals surface area contributed by atoms with Gasteiger partial charge in [-0.3, -0.25) is 19.1 Å². The van der Waals surface area contributed by atoms with Crippen molar-refractivity contribution in [3.63, 3.8) is 0 Å². The topological polar surface area (TPSA) is 144 Å². The van der Waals surface area contributed by atoms with E-state index in [0.29, 0.717) is 24.5 Å². The molecule has 3 aliphatic heterocycles. The molecule has 1 saturated carbocycles. The Hall–Kier alpha value is -5.17. The van der Waals surface area contributed by atoms with Gasteiger partial charge in [-0.1, -0.05) is 18.2 Å². The van der Waals surface area contributed by atoms with Crippen LogP contribution in [0, 0.1) is 11.8 Å². The number of amides is 1. The molecule has 1 aliphatic carbocycles. The third kappa shape index (κ3) is 6.63. The van der Waals surface area contributed by atoms with E-state index in [2.05, 4.69) is 54.9 Å². The maximum atomic E-state index is 12.5. The maximum Gasteiger partial charge on any atom is 0.356 e. The highest BCUT2D eigenvalue weighted by Gasteiger charge is 2.33. The summed E-state index contributed by atoms with van der Waals surface area (Å²) in [5, 5.41) is 29.4. The lowest BCUT2D eigenvalue weighted by atomic mass is 9.74. The van der Waals surface area contributed by atoms with Crippen molar-refractivity contribution in [1.29, 1.82) is 0 Å². The summed E-state index contributed by atoms with van der Waals surface area (Å²) in [6.07, 6.45) is 15.7. The molecule has 1 aromatic carbocycles. The molecule has 0 atom stereocenters. The van der Waals surface area contributed by atoms with Crippen molar-refractivity contribution in [1.82, 2.24) is 39.6 Å². The molecule has 5 aromatic rings. The maximum absolute atomic E-state index is 12.5. The zero-order chi connectivity index (χ0) is 36.8. The highest BCUT2D eigenvalue weighted by atomic mass is 16.5. The predicted molar refractivity (Wildman–Crippen MR) is 203 cm³/mol. The summed E-state index contributed by atoms with van der Waals surface area (Å²) >= 11 is 0. The molecule has 13 nitrogen and oxygen atoms in total. The monoisotopic (exact) mass is 729 g/mol. The van der Waals surface area contributed by atoms with Gasteiger partial charge in [0, 0.05) is 92.9 Å². The first kappa shape index (κ1) is 34.6. The van der Waals surface area contributed by atoms with Crippen molar-refractivity contribution in [3.8, 4) is 22.5 Å². The van der Waals surface area contributed by atoms with Crippen LogP contribution in [0.15, 0.2) is 55.0 Å². The molecule has 4 aromatic heterocycles. The highest BCUT2D eigenvalue weighted by molar-refractivity contribution is 5.97. The Bertz CT molecular complexity index is 2160. The van der Waals surface area contributed by atoms with Crippen molar-refractivity contribution in [3.05, 3.63) is 71.9 Å². The van der Waals surface area contributed by atoms with Gasteiger partial charge in [0.2, 0.25) is 5.91 Å². The number of carboxylic acid groups (broad SMARTS) is 1. The van der Waals surface area contributed by atoms with E-state index in [0.717, 1.165) is 128 Å². The van der Waals surface area contributed by atoms with Gasteiger partial charge in [-0.2, -0.15) is 10.2 Å². The lowest BCUT2D eigenvalue weighted by Gasteiger charge is -2.39.